The van der Waals surface area contributed by atoms with Crippen molar-refractivity contribution in [1.82, 2.24) is 10.2 Å². The maximum atomic E-state index is 3.44. The van der Waals surface area contributed by atoms with Crippen molar-refractivity contribution in [3.05, 3.63) is 34.9 Å². The van der Waals surface area contributed by atoms with Gasteiger partial charge in [-0.05, 0) is 36.5 Å². The van der Waals surface area contributed by atoms with E-state index in [-0.39, 0.29) is 0 Å². The summed E-state index contributed by atoms with van der Waals surface area (Å²) in [6, 6.07) is 7.30. The van der Waals surface area contributed by atoms with Gasteiger partial charge in [0.1, 0.15) is 0 Å². The van der Waals surface area contributed by atoms with Gasteiger partial charge in [0.25, 0.3) is 0 Å². The van der Waals surface area contributed by atoms with E-state index in [1.807, 2.05) is 0 Å². The van der Waals surface area contributed by atoms with Gasteiger partial charge in [0.05, 0.1) is 0 Å². The first-order valence-corrected chi connectivity index (χ1v) is 7.12. The van der Waals surface area contributed by atoms with Crippen molar-refractivity contribution in [3.63, 3.8) is 0 Å². The van der Waals surface area contributed by atoms with E-state index in [0.29, 0.717) is 12.0 Å². The van der Waals surface area contributed by atoms with Crippen LogP contribution in [0, 0.1) is 19.8 Å². The minimum absolute atomic E-state index is 0.562. The SMILES string of the molecule is Cc1cccc(C(C(C)C)N2CCNCC2)c1C. The van der Waals surface area contributed by atoms with E-state index in [0.717, 1.165) is 26.2 Å². The first-order valence-electron chi connectivity index (χ1n) is 7.12. The second kappa shape index (κ2) is 5.85. The molecule has 1 saturated heterocycles. The summed E-state index contributed by atoms with van der Waals surface area (Å²) in [4.78, 5) is 2.64. The van der Waals surface area contributed by atoms with Crippen LogP contribution in [0.15, 0.2) is 18.2 Å². The number of hydrogen-bond donors (Lipinski definition) is 1. The highest BCUT2D eigenvalue weighted by atomic mass is 15.2. The lowest BCUT2D eigenvalue weighted by Crippen LogP contribution is -2.46. The van der Waals surface area contributed by atoms with Gasteiger partial charge in [0.2, 0.25) is 0 Å². The molecule has 1 aliphatic rings. The molecule has 0 spiro atoms. The highest BCUT2D eigenvalue weighted by Crippen LogP contribution is 2.31. The van der Waals surface area contributed by atoms with Gasteiger partial charge in [-0.2, -0.15) is 0 Å². The summed E-state index contributed by atoms with van der Waals surface area (Å²) in [5.41, 5.74) is 4.40. The van der Waals surface area contributed by atoms with Crippen LogP contribution in [0.5, 0.6) is 0 Å². The highest BCUT2D eigenvalue weighted by Gasteiger charge is 2.26. The normalized spacial score (nSPS) is 19.2. The zero-order valence-electron chi connectivity index (χ0n) is 12.2. The number of piperazine rings is 1. The molecule has 2 nitrogen and oxygen atoms in total. The fraction of sp³-hybridized carbons (Fsp3) is 0.625. The van der Waals surface area contributed by atoms with Crippen LogP contribution < -0.4 is 5.32 Å². The Balaban J connectivity index is 2.31. The van der Waals surface area contributed by atoms with Crippen LogP contribution in [-0.4, -0.2) is 31.1 Å². The molecule has 1 N–H and O–H groups in total. The number of aryl methyl sites for hydroxylation is 1. The van der Waals surface area contributed by atoms with Crippen LogP contribution in [0.1, 0.15) is 36.6 Å². The molecule has 1 aromatic carbocycles. The molecule has 100 valence electrons. The van der Waals surface area contributed by atoms with Gasteiger partial charge in [-0.1, -0.05) is 32.0 Å². The molecule has 0 radical (unpaired) electrons. The van der Waals surface area contributed by atoms with Crippen molar-refractivity contribution in [1.29, 1.82) is 0 Å². The fourth-order valence-corrected chi connectivity index (χ4v) is 3.03. The molecular weight excluding hydrogens is 220 g/mol. The summed E-state index contributed by atoms with van der Waals surface area (Å²) < 4.78 is 0. The van der Waals surface area contributed by atoms with Crippen molar-refractivity contribution < 1.29 is 0 Å². The predicted molar refractivity (Wildman–Crippen MR) is 77.9 cm³/mol. The molecule has 0 aliphatic carbocycles. The zero-order valence-corrected chi connectivity index (χ0v) is 12.2. The van der Waals surface area contributed by atoms with Crippen molar-refractivity contribution >= 4 is 0 Å². The van der Waals surface area contributed by atoms with Crippen LogP contribution in [0.4, 0.5) is 0 Å². The Labute approximate surface area is 111 Å². The van der Waals surface area contributed by atoms with Crippen LogP contribution in [0.2, 0.25) is 0 Å². The van der Waals surface area contributed by atoms with E-state index in [9.17, 15) is 0 Å². The molecule has 2 rings (SSSR count). The lowest BCUT2D eigenvalue weighted by Gasteiger charge is -2.38. The monoisotopic (exact) mass is 246 g/mol. The third kappa shape index (κ3) is 2.76. The van der Waals surface area contributed by atoms with E-state index in [1.54, 1.807) is 0 Å². The molecule has 0 aromatic heterocycles. The molecule has 0 amide bonds. The summed E-state index contributed by atoms with van der Waals surface area (Å²) in [6.07, 6.45) is 0. The van der Waals surface area contributed by atoms with Gasteiger partial charge in [-0.3, -0.25) is 4.90 Å². The number of nitrogens with zero attached hydrogens (tertiary/aromatic N) is 1. The molecular formula is C16H26N2. The summed E-state index contributed by atoms with van der Waals surface area (Å²) in [6.45, 7) is 13.7. The van der Waals surface area contributed by atoms with Crippen LogP contribution in [0.3, 0.4) is 0 Å². The number of rotatable bonds is 3. The van der Waals surface area contributed by atoms with E-state index in [1.165, 1.54) is 16.7 Å². The summed E-state index contributed by atoms with van der Waals surface area (Å²) >= 11 is 0. The van der Waals surface area contributed by atoms with E-state index >= 15 is 0 Å². The fourth-order valence-electron chi connectivity index (χ4n) is 3.03. The van der Waals surface area contributed by atoms with E-state index in [4.69, 9.17) is 0 Å². The van der Waals surface area contributed by atoms with Gasteiger partial charge in [0.15, 0.2) is 0 Å². The van der Waals surface area contributed by atoms with E-state index in [2.05, 4.69) is 56.1 Å². The minimum Gasteiger partial charge on any atom is -0.314 e. The zero-order chi connectivity index (χ0) is 13.1. The molecule has 0 bridgehead atoms. The Morgan fingerprint density at radius 2 is 1.78 bits per heavy atom. The van der Waals surface area contributed by atoms with Crippen LogP contribution in [-0.2, 0) is 0 Å². The quantitative estimate of drug-likeness (QED) is 0.882. The largest absolute Gasteiger partial charge is 0.314 e. The van der Waals surface area contributed by atoms with Gasteiger partial charge in [-0.15, -0.1) is 0 Å². The topological polar surface area (TPSA) is 15.3 Å². The van der Waals surface area contributed by atoms with Crippen LogP contribution in [0.25, 0.3) is 0 Å². The smallest absolute Gasteiger partial charge is 0.0374 e. The van der Waals surface area contributed by atoms with Crippen molar-refractivity contribution in [2.75, 3.05) is 26.2 Å². The molecule has 2 heteroatoms. The maximum Gasteiger partial charge on any atom is 0.0374 e. The molecule has 1 fully saturated rings. The second-order valence-electron chi connectivity index (χ2n) is 5.76. The lowest BCUT2D eigenvalue weighted by molar-refractivity contribution is 0.136. The minimum atomic E-state index is 0.562. The average Bonchev–Trinajstić information content (AvgIpc) is 2.36. The van der Waals surface area contributed by atoms with Gasteiger partial charge in [-0.25, -0.2) is 0 Å². The van der Waals surface area contributed by atoms with Crippen molar-refractivity contribution in [2.24, 2.45) is 5.92 Å². The third-order valence-electron chi connectivity index (χ3n) is 4.14. The standard InChI is InChI=1S/C16H26N2/c1-12(2)16(18-10-8-17-9-11-18)15-7-5-6-13(3)14(15)4/h5-7,12,16-17H,8-11H2,1-4H3. The van der Waals surface area contributed by atoms with Gasteiger partial charge in [0, 0.05) is 32.2 Å². The number of hydrogen-bond acceptors (Lipinski definition) is 2. The summed E-state index contributed by atoms with van der Waals surface area (Å²) in [5.74, 6) is 0.656. The molecule has 18 heavy (non-hydrogen) atoms. The molecule has 1 aromatic rings. The predicted octanol–water partition coefficient (Wildman–Crippen LogP) is 2.91. The van der Waals surface area contributed by atoms with E-state index < -0.39 is 0 Å². The maximum absolute atomic E-state index is 3.44. The third-order valence-corrected chi connectivity index (χ3v) is 4.14. The molecule has 1 atom stereocenters. The lowest BCUT2D eigenvalue weighted by atomic mass is 9.89. The molecule has 1 heterocycles. The Morgan fingerprint density at radius 3 is 2.39 bits per heavy atom. The van der Waals surface area contributed by atoms with Crippen molar-refractivity contribution in [3.8, 4) is 0 Å². The highest BCUT2D eigenvalue weighted by molar-refractivity contribution is 5.35. The Kier molecular flexibility index (Phi) is 4.41. The summed E-state index contributed by atoms with van der Waals surface area (Å²) in [7, 11) is 0. The van der Waals surface area contributed by atoms with Crippen molar-refractivity contribution in [2.45, 2.75) is 33.7 Å². The first kappa shape index (κ1) is 13.6. The Hall–Kier alpha value is -0.860. The Morgan fingerprint density at radius 1 is 1.11 bits per heavy atom. The molecule has 1 aliphatic heterocycles. The Bertz CT molecular complexity index is 392. The second-order valence-corrected chi connectivity index (χ2v) is 5.76. The van der Waals surface area contributed by atoms with Crippen LogP contribution >= 0.6 is 0 Å². The molecule has 0 saturated carbocycles. The molecule has 1 unspecified atom stereocenters. The number of nitrogens with one attached hydrogen (secondary N) is 1. The van der Waals surface area contributed by atoms with Gasteiger partial charge >= 0.3 is 0 Å². The first-order chi connectivity index (χ1) is 8.61. The summed E-state index contributed by atoms with van der Waals surface area (Å²) in [5, 5.41) is 3.44. The van der Waals surface area contributed by atoms with Gasteiger partial charge < -0.3 is 5.32 Å². The average molecular weight is 246 g/mol. The number of benzene rings is 1.